The van der Waals surface area contributed by atoms with Crippen molar-refractivity contribution >= 4 is 0 Å². The minimum atomic E-state index is 0.511. The molecule has 4 aliphatic carbocycles. The average Bonchev–Trinajstić information content (AvgIpc) is 3.19. The van der Waals surface area contributed by atoms with Gasteiger partial charge in [0.2, 0.25) is 0 Å². The van der Waals surface area contributed by atoms with E-state index in [1.165, 1.54) is 77.0 Å². The van der Waals surface area contributed by atoms with Gasteiger partial charge in [-0.25, -0.2) is 0 Å². The molecule has 0 saturated heterocycles. The molecule has 4 fully saturated rings. The van der Waals surface area contributed by atoms with E-state index in [-0.39, 0.29) is 0 Å². The molecular formula is C33H62O2. The standard InChI is InChI=1S/C31H56O2.C2H6/c1-6-32-20-9-21-33-26-16-18-31(5)25(22-26)12-14-27-28-15-13-24(11-8-7-10-23(2)3)30(28,4)19-17-29(27)31;1-2/h23-29H,6-22H2,1-5H3;1-2H3. The molecule has 8 unspecified atom stereocenters. The van der Waals surface area contributed by atoms with E-state index in [4.69, 9.17) is 9.47 Å². The summed E-state index contributed by atoms with van der Waals surface area (Å²) in [6.45, 7) is 18.8. The highest BCUT2D eigenvalue weighted by molar-refractivity contribution is 5.09. The van der Waals surface area contributed by atoms with Gasteiger partial charge in [0, 0.05) is 19.8 Å². The number of hydrogen-bond acceptors (Lipinski definition) is 2. The van der Waals surface area contributed by atoms with Crippen LogP contribution in [0.3, 0.4) is 0 Å². The van der Waals surface area contributed by atoms with Crippen LogP contribution in [0.1, 0.15) is 138 Å². The van der Waals surface area contributed by atoms with Crippen molar-refractivity contribution < 1.29 is 9.47 Å². The zero-order chi connectivity index (χ0) is 25.5. The fourth-order valence-electron chi connectivity index (χ4n) is 9.45. The third kappa shape index (κ3) is 6.68. The Bertz CT molecular complexity index is 602. The van der Waals surface area contributed by atoms with Gasteiger partial charge in [-0.3, -0.25) is 0 Å². The number of hydrogen-bond donors (Lipinski definition) is 0. The third-order valence-corrected chi connectivity index (χ3v) is 11.4. The summed E-state index contributed by atoms with van der Waals surface area (Å²) in [5.41, 5.74) is 1.24. The van der Waals surface area contributed by atoms with Crippen molar-refractivity contribution in [2.45, 2.75) is 144 Å². The molecule has 4 aliphatic rings. The van der Waals surface area contributed by atoms with Crippen LogP contribution in [0.2, 0.25) is 0 Å². The lowest BCUT2D eigenvalue weighted by Gasteiger charge is -2.61. The second-order valence-electron chi connectivity index (χ2n) is 13.5. The van der Waals surface area contributed by atoms with E-state index in [0.717, 1.165) is 61.7 Å². The molecule has 2 heteroatoms. The highest BCUT2D eigenvalue weighted by Gasteiger charge is 2.59. The molecule has 0 aromatic rings. The van der Waals surface area contributed by atoms with Crippen molar-refractivity contribution in [2.75, 3.05) is 19.8 Å². The first-order chi connectivity index (χ1) is 16.9. The van der Waals surface area contributed by atoms with Crippen LogP contribution in [-0.2, 0) is 9.47 Å². The first-order valence-corrected chi connectivity index (χ1v) is 16.1. The average molecular weight is 491 g/mol. The van der Waals surface area contributed by atoms with Gasteiger partial charge in [-0.15, -0.1) is 0 Å². The molecule has 2 nitrogen and oxygen atoms in total. The lowest BCUT2D eigenvalue weighted by Crippen LogP contribution is -2.54. The van der Waals surface area contributed by atoms with Crippen molar-refractivity contribution in [3.63, 3.8) is 0 Å². The van der Waals surface area contributed by atoms with Crippen molar-refractivity contribution in [1.82, 2.24) is 0 Å². The quantitative estimate of drug-likeness (QED) is 0.268. The summed E-state index contributed by atoms with van der Waals surface area (Å²) in [5, 5.41) is 0. The molecular weight excluding hydrogens is 428 g/mol. The van der Waals surface area contributed by atoms with Gasteiger partial charge in [0.1, 0.15) is 0 Å². The fourth-order valence-corrected chi connectivity index (χ4v) is 9.45. The van der Waals surface area contributed by atoms with Crippen LogP contribution in [-0.4, -0.2) is 25.9 Å². The van der Waals surface area contributed by atoms with Gasteiger partial charge < -0.3 is 9.47 Å². The van der Waals surface area contributed by atoms with Crippen LogP contribution in [0.5, 0.6) is 0 Å². The van der Waals surface area contributed by atoms with Gasteiger partial charge in [0.25, 0.3) is 0 Å². The molecule has 0 spiro atoms. The number of fused-ring (bicyclic) bond motifs is 5. The molecule has 0 amide bonds. The first kappa shape index (κ1) is 29.5. The summed E-state index contributed by atoms with van der Waals surface area (Å²) in [5.74, 6) is 5.83. The predicted molar refractivity (Wildman–Crippen MR) is 151 cm³/mol. The zero-order valence-corrected chi connectivity index (χ0v) is 24.9. The topological polar surface area (TPSA) is 18.5 Å². The molecule has 8 atom stereocenters. The minimum absolute atomic E-state index is 0.511. The highest BCUT2D eigenvalue weighted by atomic mass is 16.5. The van der Waals surface area contributed by atoms with E-state index in [2.05, 4.69) is 34.6 Å². The molecule has 4 rings (SSSR count). The van der Waals surface area contributed by atoms with Crippen LogP contribution in [0.15, 0.2) is 0 Å². The molecule has 4 saturated carbocycles. The normalized spacial score (nSPS) is 40.5. The first-order valence-electron chi connectivity index (χ1n) is 16.1. The molecule has 0 aromatic carbocycles. The van der Waals surface area contributed by atoms with E-state index < -0.39 is 0 Å². The highest BCUT2D eigenvalue weighted by Crippen LogP contribution is 2.68. The second kappa shape index (κ2) is 13.6. The number of unbranched alkanes of at least 4 members (excludes halogenated alkanes) is 1. The van der Waals surface area contributed by atoms with E-state index in [0.29, 0.717) is 16.9 Å². The smallest absolute Gasteiger partial charge is 0.0578 e. The monoisotopic (exact) mass is 490 g/mol. The molecule has 35 heavy (non-hydrogen) atoms. The van der Waals surface area contributed by atoms with Crippen molar-refractivity contribution in [1.29, 1.82) is 0 Å². The van der Waals surface area contributed by atoms with Crippen LogP contribution < -0.4 is 0 Å². The Morgan fingerprint density at radius 2 is 1.54 bits per heavy atom. The van der Waals surface area contributed by atoms with Gasteiger partial charge >= 0.3 is 0 Å². The van der Waals surface area contributed by atoms with Crippen LogP contribution in [0.4, 0.5) is 0 Å². The van der Waals surface area contributed by atoms with Gasteiger partial charge in [-0.05, 0) is 124 Å². The molecule has 0 N–H and O–H groups in total. The Balaban J connectivity index is 0.00000167. The molecule has 0 aliphatic heterocycles. The maximum absolute atomic E-state index is 6.34. The maximum Gasteiger partial charge on any atom is 0.0578 e. The summed E-state index contributed by atoms with van der Waals surface area (Å²) >= 11 is 0. The second-order valence-corrected chi connectivity index (χ2v) is 13.5. The summed E-state index contributed by atoms with van der Waals surface area (Å²) in [7, 11) is 0. The maximum atomic E-state index is 6.34. The van der Waals surface area contributed by atoms with Crippen molar-refractivity contribution in [3.05, 3.63) is 0 Å². The van der Waals surface area contributed by atoms with E-state index >= 15 is 0 Å². The van der Waals surface area contributed by atoms with Crippen LogP contribution in [0.25, 0.3) is 0 Å². The fraction of sp³-hybridized carbons (Fsp3) is 1.00. The zero-order valence-electron chi connectivity index (χ0n) is 24.9. The van der Waals surface area contributed by atoms with E-state index in [9.17, 15) is 0 Å². The predicted octanol–water partition coefficient (Wildman–Crippen LogP) is 9.70. The van der Waals surface area contributed by atoms with Crippen LogP contribution >= 0.6 is 0 Å². The Labute approximate surface area is 220 Å². The van der Waals surface area contributed by atoms with E-state index in [1.807, 2.05) is 13.8 Å². The lowest BCUT2D eigenvalue weighted by molar-refractivity contribution is -0.135. The minimum Gasteiger partial charge on any atom is -0.382 e. The molecule has 0 radical (unpaired) electrons. The molecule has 0 aromatic heterocycles. The van der Waals surface area contributed by atoms with Crippen molar-refractivity contribution in [2.24, 2.45) is 46.3 Å². The Kier molecular flexibility index (Phi) is 11.5. The molecule has 0 heterocycles. The Morgan fingerprint density at radius 3 is 2.29 bits per heavy atom. The molecule has 0 bridgehead atoms. The Morgan fingerprint density at radius 1 is 0.800 bits per heavy atom. The van der Waals surface area contributed by atoms with Gasteiger partial charge in [0.15, 0.2) is 0 Å². The SMILES string of the molecule is CC.CCOCCCOC1CCC2(C)C(CCC3C4CCC(CCCCC(C)C)C4(C)CCC32)C1. The summed E-state index contributed by atoms with van der Waals surface area (Å²) < 4.78 is 11.8. The Hall–Kier alpha value is -0.0800. The lowest BCUT2D eigenvalue weighted by atomic mass is 9.44. The third-order valence-electron chi connectivity index (χ3n) is 11.4. The van der Waals surface area contributed by atoms with Crippen molar-refractivity contribution in [3.8, 4) is 0 Å². The summed E-state index contributed by atoms with van der Waals surface area (Å²) in [4.78, 5) is 0. The van der Waals surface area contributed by atoms with Gasteiger partial charge in [-0.2, -0.15) is 0 Å². The van der Waals surface area contributed by atoms with Gasteiger partial charge in [-0.1, -0.05) is 60.8 Å². The summed E-state index contributed by atoms with van der Waals surface area (Å²) in [6, 6.07) is 0. The van der Waals surface area contributed by atoms with E-state index in [1.54, 1.807) is 6.42 Å². The number of ether oxygens (including phenoxy) is 2. The van der Waals surface area contributed by atoms with Crippen LogP contribution in [0, 0.1) is 46.3 Å². The summed E-state index contributed by atoms with van der Waals surface area (Å²) in [6.07, 6.45) is 20.6. The number of rotatable bonds is 11. The largest absolute Gasteiger partial charge is 0.382 e. The molecule has 206 valence electrons. The van der Waals surface area contributed by atoms with Gasteiger partial charge in [0.05, 0.1) is 6.10 Å².